The lowest BCUT2D eigenvalue weighted by molar-refractivity contribution is 0.0819. The van der Waals surface area contributed by atoms with E-state index < -0.39 is 23.1 Å². The van der Waals surface area contributed by atoms with Crippen molar-refractivity contribution in [1.82, 2.24) is 14.9 Å². The summed E-state index contributed by atoms with van der Waals surface area (Å²) in [5.74, 6) is 0.213. The largest absolute Gasteiger partial charge is 0.488 e. The standard InChI is InChI=1S/C14H21F2N3O3S.2ClH/c15-14(16)11-22-12-1-3-13(4-2-12)23(20,21)18-7-10-19-8-5-17-6-9-19;;/h1-4,14,17-18H,5-11H2;2*1H. The molecule has 0 aliphatic carbocycles. The molecule has 0 unspecified atom stereocenters. The van der Waals surface area contributed by atoms with Crippen molar-refractivity contribution in [3.05, 3.63) is 24.3 Å². The average molecular weight is 422 g/mol. The van der Waals surface area contributed by atoms with Gasteiger partial charge in [0.25, 0.3) is 6.43 Å². The molecule has 0 spiro atoms. The molecule has 1 aromatic carbocycles. The summed E-state index contributed by atoms with van der Waals surface area (Å²) in [4.78, 5) is 2.27. The molecule has 0 aromatic heterocycles. The lowest BCUT2D eigenvalue weighted by Gasteiger charge is -2.27. The Balaban J connectivity index is 0.00000288. The zero-order chi connectivity index (χ0) is 16.7. The van der Waals surface area contributed by atoms with Crippen LogP contribution in [0, 0.1) is 0 Å². The van der Waals surface area contributed by atoms with Gasteiger partial charge in [-0.3, -0.25) is 4.90 Å². The number of hydrogen-bond acceptors (Lipinski definition) is 5. The van der Waals surface area contributed by atoms with E-state index in [1.54, 1.807) is 0 Å². The van der Waals surface area contributed by atoms with Crippen LogP contribution in [0.2, 0.25) is 0 Å². The fourth-order valence-electron chi connectivity index (χ4n) is 2.23. The molecule has 1 aliphatic heterocycles. The Hall–Kier alpha value is -0.710. The maximum Gasteiger partial charge on any atom is 0.272 e. The van der Waals surface area contributed by atoms with E-state index in [2.05, 4.69) is 14.9 Å². The first-order valence-electron chi connectivity index (χ1n) is 7.41. The van der Waals surface area contributed by atoms with Crippen LogP contribution < -0.4 is 14.8 Å². The third kappa shape index (κ3) is 8.48. The average Bonchev–Trinajstić information content (AvgIpc) is 2.54. The second kappa shape index (κ2) is 11.8. The van der Waals surface area contributed by atoms with E-state index >= 15 is 0 Å². The SMILES string of the molecule is Cl.Cl.O=S(=O)(NCCN1CCNCC1)c1ccc(OCC(F)F)cc1. The summed E-state index contributed by atoms with van der Waals surface area (Å²) in [5.41, 5.74) is 0. The van der Waals surface area contributed by atoms with Crippen molar-refractivity contribution < 1.29 is 21.9 Å². The number of halogens is 4. The summed E-state index contributed by atoms with van der Waals surface area (Å²) in [5, 5.41) is 3.23. The Morgan fingerprint density at radius 1 is 1.16 bits per heavy atom. The van der Waals surface area contributed by atoms with Crippen LogP contribution in [-0.4, -0.2) is 65.6 Å². The van der Waals surface area contributed by atoms with Crippen LogP contribution in [0.15, 0.2) is 29.2 Å². The van der Waals surface area contributed by atoms with Gasteiger partial charge in [0.05, 0.1) is 4.90 Å². The number of benzene rings is 1. The van der Waals surface area contributed by atoms with Crippen LogP contribution in [0.1, 0.15) is 0 Å². The molecule has 11 heteroatoms. The zero-order valence-electron chi connectivity index (χ0n) is 13.5. The molecule has 25 heavy (non-hydrogen) atoms. The molecule has 146 valence electrons. The van der Waals surface area contributed by atoms with Gasteiger partial charge in [-0.15, -0.1) is 24.8 Å². The molecule has 1 saturated heterocycles. The van der Waals surface area contributed by atoms with Gasteiger partial charge in [0.15, 0.2) is 0 Å². The van der Waals surface area contributed by atoms with Crippen molar-refractivity contribution >= 4 is 34.8 Å². The molecular weight excluding hydrogens is 399 g/mol. The molecule has 1 fully saturated rings. The highest BCUT2D eigenvalue weighted by Crippen LogP contribution is 2.16. The number of ether oxygens (including phenoxy) is 1. The van der Waals surface area contributed by atoms with Crippen molar-refractivity contribution in [3.63, 3.8) is 0 Å². The Kier molecular flexibility index (Phi) is 11.5. The van der Waals surface area contributed by atoms with Crippen LogP contribution in [0.25, 0.3) is 0 Å². The Bertz CT molecular complexity index is 585. The highest BCUT2D eigenvalue weighted by atomic mass is 35.5. The molecule has 1 aromatic rings. The maximum absolute atomic E-state index is 12.1. The third-order valence-electron chi connectivity index (χ3n) is 3.44. The summed E-state index contributed by atoms with van der Waals surface area (Å²) in [6.07, 6.45) is -2.56. The van der Waals surface area contributed by atoms with Gasteiger partial charge >= 0.3 is 0 Å². The van der Waals surface area contributed by atoms with E-state index in [1.165, 1.54) is 24.3 Å². The van der Waals surface area contributed by atoms with Crippen LogP contribution in [-0.2, 0) is 10.0 Å². The number of nitrogens with zero attached hydrogens (tertiary/aromatic N) is 1. The summed E-state index contributed by atoms with van der Waals surface area (Å²) in [6.45, 7) is 3.88. The maximum atomic E-state index is 12.1. The van der Waals surface area contributed by atoms with Gasteiger partial charge in [-0.1, -0.05) is 0 Å². The fraction of sp³-hybridized carbons (Fsp3) is 0.571. The Labute approximate surface area is 159 Å². The smallest absolute Gasteiger partial charge is 0.272 e. The monoisotopic (exact) mass is 421 g/mol. The van der Waals surface area contributed by atoms with Gasteiger partial charge in [0, 0.05) is 39.3 Å². The molecule has 0 bridgehead atoms. The van der Waals surface area contributed by atoms with Crippen LogP contribution >= 0.6 is 24.8 Å². The van der Waals surface area contributed by atoms with Crippen molar-refractivity contribution in [1.29, 1.82) is 0 Å². The first kappa shape index (κ1) is 24.3. The highest BCUT2D eigenvalue weighted by Gasteiger charge is 2.15. The van der Waals surface area contributed by atoms with E-state index in [0.29, 0.717) is 13.1 Å². The van der Waals surface area contributed by atoms with Crippen molar-refractivity contribution in [2.45, 2.75) is 11.3 Å². The second-order valence-electron chi connectivity index (χ2n) is 5.16. The minimum atomic E-state index is -3.61. The van der Waals surface area contributed by atoms with Crippen molar-refractivity contribution in [2.75, 3.05) is 45.9 Å². The predicted molar refractivity (Wildman–Crippen MR) is 96.9 cm³/mol. The number of alkyl halides is 2. The molecule has 2 rings (SSSR count). The second-order valence-corrected chi connectivity index (χ2v) is 6.93. The normalized spacial score (nSPS) is 15.3. The van der Waals surface area contributed by atoms with Gasteiger partial charge < -0.3 is 10.1 Å². The molecule has 0 saturated carbocycles. The number of nitrogens with one attached hydrogen (secondary N) is 2. The fourth-order valence-corrected chi connectivity index (χ4v) is 3.25. The quantitative estimate of drug-likeness (QED) is 0.662. The first-order valence-corrected chi connectivity index (χ1v) is 8.89. The minimum absolute atomic E-state index is 0. The molecule has 0 radical (unpaired) electrons. The van der Waals surface area contributed by atoms with E-state index in [0.717, 1.165) is 26.2 Å². The molecule has 1 aliphatic rings. The zero-order valence-corrected chi connectivity index (χ0v) is 15.9. The van der Waals surface area contributed by atoms with Gasteiger partial charge in [0.1, 0.15) is 12.4 Å². The highest BCUT2D eigenvalue weighted by molar-refractivity contribution is 7.89. The summed E-state index contributed by atoms with van der Waals surface area (Å²) < 4.78 is 55.7. The van der Waals surface area contributed by atoms with E-state index in [1.807, 2.05) is 0 Å². The van der Waals surface area contributed by atoms with Gasteiger partial charge in [-0.25, -0.2) is 21.9 Å². The molecular formula is C14H23Cl2F2N3O3S. The number of hydrogen-bond donors (Lipinski definition) is 2. The van der Waals surface area contributed by atoms with Crippen molar-refractivity contribution in [2.24, 2.45) is 0 Å². The van der Waals surface area contributed by atoms with E-state index in [9.17, 15) is 17.2 Å². The molecule has 0 atom stereocenters. The topological polar surface area (TPSA) is 70.7 Å². The van der Waals surface area contributed by atoms with Crippen LogP contribution in [0.5, 0.6) is 5.75 Å². The molecule has 2 N–H and O–H groups in total. The molecule has 6 nitrogen and oxygen atoms in total. The molecule has 0 amide bonds. The lowest BCUT2D eigenvalue weighted by Crippen LogP contribution is -2.46. The van der Waals surface area contributed by atoms with Gasteiger partial charge in [0.2, 0.25) is 10.0 Å². The minimum Gasteiger partial charge on any atom is -0.488 e. The predicted octanol–water partition coefficient (Wildman–Crippen LogP) is 1.36. The Morgan fingerprint density at radius 3 is 2.32 bits per heavy atom. The lowest BCUT2D eigenvalue weighted by atomic mass is 10.3. The molecule has 1 heterocycles. The first-order chi connectivity index (χ1) is 11.0. The van der Waals surface area contributed by atoms with Gasteiger partial charge in [-0.05, 0) is 24.3 Å². The number of sulfonamides is 1. The summed E-state index contributed by atoms with van der Waals surface area (Å²) >= 11 is 0. The van der Waals surface area contributed by atoms with E-state index in [4.69, 9.17) is 4.74 Å². The number of rotatable bonds is 8. The van der Waals surface area contributed by atoms with Gasteiger partial charge in [-0.2, -0.15) is 0 Å². The third-order valence-corrected chi connectivity index (χ3v) is 4.92. The van der Waals surface area contributed by atoms with Crippen LogP contribution in [0.3, 0.4) is 0 Å². The number of piperazine rings is 1. The summed E-state index contributed by atoms with van der Waals surface area (Å²) in [7, 11) is -3.61. The summed E-state index contributed by atoms with van der Waals surface area (Å²) in [6, 6.07) is 5.42. The van der Waals surface area contributed by atoms with Crippen LogP contribution in [0.4, 0.5) is 8.78 Å². The Morgan fingerprint density at radius 2 is 1.76 bits per heavy atom. The van der Waals surface area contributed by atoms with E-state index in [-0.39, 0.29) is 35.5 Å². The van der Waals surface area contributed by atoms with Crippen molar-refractivity contribution in [3.8, 4) is 5.75 Å².